The van der Waals surface area contributed by atoms with Gasteiger partial charge in [0.15, 0.2) is 0 Å². The van der Waals surface area contributed by atoms with Crippen molar-refractivity contribution in [2.45, 2.75) is 6.92 Å². The van der Waals surface area contributed by atoms with Gasteiger partial charge in [0.05, 0.1) is 0 Å². The molecule has 1 atom stereocenters. The second-order valence-corrected chi connectivity index (χ2v) is 2.12. The SMILES string of the molecule is CCPC.[Zn]. The molecule has 5 heavy (non-hydrogen) atoms. The molecular weight excluding hydrogens is 132 g/mol. The summed E-state index contributed by atoms with van der Waals surface area (Å²) in [5.74, 6) is 0. The van der Waals surface area contributed by atoms with Crippen LogP contribution in [0.15, 0.2) is 0 Å². The van der Waals surface area contributed by atoms with Crippen LogP contribution in [0.3, 0.4) is 0 Å². The predicted octanol–water partition coefficient (Wildman–Crippen LogP) is 1.31. The molecule has 0 N–H and O–H groups in total. The zero-order valence-electron chi connectivity index (χ0n) is 3.91. The quantitative estimate of drug-likeness (QED) is 0.382. The first-order valence-electron chi connectivity index (χ1n) is 1.56. The van der Waals surface area contributed by atoms with Gasteiger partial charge in [0.2, 0.25) is 0 Å². The Hall–Kier alpha value is 1.05. The van der Waals surface area contributed by atoms with Crippen molar-refractivity contribution in [3.63, 3.8) is 0 Å². The fourth-order valence-electron chi connectivity index (χ4n) is 0. The smallest absolute Gasteiger partial charge is 0 e. The first-order valence-corrected chi connectivity index (χ1v) is 3.27. The van der Waals surface area contributed by atoms with Crippen LogP contribution in [0.5, 0.6) is 0 Å². The van der Waals surface area contributed by atoms with E-state index in [-0.39, 0.29) is 19.5 Å². The minimum atomic E-state index is 0. The summed E-state index contributed by atoms with van der Waals surface area (Å²) < 4.78 is 0. The van der Waals surface area contributed by atoms with Gasteiger partial charge in [-0.15, -0.1) is 8.58 Å². The van der Waals surface area contributed by atoms with Crippen molar-refractivity contribution < 1.29 is 19.5 Å². The second-order valence-electron chi connectivity index (χ2n) is 0.707. The standard InChI is InChI=1S/C3H9P.Zn/c1-3-4-2;/h4H,3H2,1-2H3;. The van der Waals surface area contributed by atoms with Crippen molar-refractivity contribution in [3.8, 4) is 0 Å². The first-order chi connectivity index (χ1) is 1.91. The van der Waals surface area contributed by atoms with Crippen molar-refractivity contribution in [1.29, 1.82) is 0 Å². The molecule has 0 amide bonds. The van der Waals surface area contributed by atoms with E-state index in [1.54, 1.807) is 0 Å². The summed E-state index contributed by atoms with van der Waals surface area (Å²) >= 11 is 0. The normalized spacial score (nSPS) is 8.40. The fraction of sp³-hybridized carbons (Fsp3) is 1.00. The summed E-state index contributed by atoms with van der Waals surface area (Å²) in [4.78, 5) is 0. The molecule has 0 spiro atoms. The maximum atomic E-state index is 2.21. The second kappa shape index (κ2) is 8.91. The molecule has 0 aliphatic rings. The van der Waals surface area contributed by atoms with Crippen LogP contribution >= 0.6 is 8.58 Å². The molecule has 0 bridgehead atoms. The average Bonchev–Trinajstić information content (AvgIpc) is 1.37. The molecule has 0 saturated carbocycles. The molecule has 0 aromatic rings. The van der Waals surface area contributed by atoms with Crippen molar-refractivity contribution in [1.82, 2.24) is 0 Å². The molecule has 0 fully saturated rings. The summed E-state index contributed by atoms with van der Waals surface area (Å²) in [7, 11) is 1.14. The Labute approximate surface area is 48.3 Å². The summed E-state index contributed by atoms with van der Waals surface area (Å²) in [6.45, 7) is 4.40. The van der Waals surface area contributed by atoms with Crippen LogP contribution in [0.2, 0.25) is 0 Å². The predicted molar refractivity (Wildman–Crippen MR) is 24.8 cm³/mol. The van der Waals surface area contributed by atoms with E-state index in [0.29, 0.717) is 0 Å². The van der Waals surface area contributed by atoms with E-state index in [4.69, 9.17) is 0 Å². The molecule has 0 aromatic carbocycles. The van der Waals surface area contributed by atoms with Crippen LogP contribution in [0.4, 0.5) is 0 Å². The van der Waals surface area contributed by atoms with Gasteiger partial charge in [-0.2, -0.15) is 0 Å². The molecule has 0 aromatic heterocycles. The summed E-state index contributed by atoms with van der Waals surface area (Å²) in [5.41, 5.74) is 0. The van der Waals surface area contributed by atoms with Crippen molar-refractivity contribution >= 4 is 8.58 Å². The molecule has 0 rings (SSSR count). The Balaban J connectivity index is 0. The fourth-order valence-corrected chi connectivity index (χ4v) is 0. The third-order valence-electron chi connectivity index (χ3n) is 0.354. The van der Waals surface area contributed by atoms with Gasteiger partial charge in [-0.05, 0) is 12.8 Å². The van der Waals surface area contributed by atoms with Gasteiger partial charge in [-0.1, -0.05) is 6.92 Å². The third-order valence-corrected chi connectivity index (χ3v) is 1.06. The molecule has 0 saturated heterocycles. The van der Waals surface area contributed by atoms with E-state index in [9.17, 15) is 0 Å². The van der Waals surface area contributed by atoms with Gasteiger partial charge < -0.3 is 0 Å². The molecule has 0 radical (unpaired) electrons. The Bertz CT molecular complexity index is 8.85. The van der Waals surface area contributed by atoms with E-state index >= 15 is 0 Å². The van der Waals surface area contributed by atoms with Gasteiger partial charge in [0, 0.05) is 19.5 Å². The molecular formula is C3H9PZn. The summed E-state index contributed by atoms with van der Waals surface area (Å²) in [6, 6.07) is 0. The summed E-state index contributed by atoms with van der Waals surface area (Å²) in [5, 5.41) is 0. The van der Waals surface area contributed by atoms with Crippen molar-refractivity contribution in [3.05, 3.63) is 0 Å². The maximum absolute atomic E-state index is 2.21. The van der Waals surface area contributed by atoms with Crippen LogP contribution < -0.4 is 0 Å². The van der Waals surface area contributed by atoms with Crippen LogP contribution in [0, 0.1) is 0 Å². The number of hydrogen-bond acceptors (Lipinski definition) is 0. The zero-order valence-corrected chi connectivity index (χ0v) is 7.88. The van der Waals surface area contributed by atoms with Gasteiger partial charge in [-0.25, -0.2) is 0 Å². The van der Waals surface area contributed by atoms with Gasteiger partial charge in [-0.3, -0.25) is 0 Å². The Morgan fingerprint density at radius 1 is 1.60 bits per heavy atom. The Kier molecular flexibility index (Phi) is 16.8. The van der Waals surface area contributed by atoms with E-state index in [1.165, 1.54) is 6.16 Å². The third kappa shape index (κ3) is 11.2. The minimum Gasteiger partial charge on any atom is -0.126 e. The molecule has 0 heterocycles. The van der Waals surface area contributed by atoms with Crippen molar-refractivity contribution in [2.24, 2.45) is 0 Å². The largest absolute Gasteiger partial charge is 0.126 e. The Morgan fingerprint density at radius 3 is 1.80 bits per heavy atom. The first kappa shape index (κ1) is 9.41. The van der Waals surface area contributed by atoms with Crippen LogP contribution in [-0.4, -0.2) is 12.8 Å². The van der Waals surface area contributed by atoms with Crippen LogP contribution in [0.1, 0.15) is 6.92 Å². The monoisotopic (exact) mass is 140 g/mol. The minimum absolute atomic E-state index is 0. The maximum Gasteiger partial charge on any atom is 0 e. The molecule has 28 valence electrons. The van der Waals surface area contributed by atoms with E-state index in [2.05, 4.69) is 13.6 Å². The molecule has 0 aliphatic carbocycles. The average molecular weight is 141 g/mol. The molecule has 0 nitrogen and oxygen atoms in total. The van der Waals surface area contributed by atoms with Gasteiger partial charge >= 0.3 is 0 Å². The van der Waals surface area contributed by atoms with Gasteiger partial charge in [0.25, 0.3) is 0 Å². The molecule has 0 aliphatic heterocycles. The van der Waals surface area contributed by atoms with Crippen molar-refractivity contribution in [2.75, 3.05) is 12.8 Å². The van der Waals surface area contributed by atoms with E-state index < -0.39 is 0 Å². The number of hydrogen-bond donors (Lipinski definition) is 0. The Morgan fingerprint density at radius 2 is 1.80 bits per heavy atom. The van der Waals surface area contributed by atoms with E-state index in [0.717, 1.165) is 8.58 Å². The van der Waals surface area contributed by atoms with E-state index in [1.807, 2.05) is 0 Å². The van der Waals surface area contributed by atoms with Crippen LogP contribution in [0.25, 0.3) is 0 Å². The summed E-state index contributed by atoms with van der Waals surface area (Å²) in [6.07, 6.45) is 1.35. The molecule has 2 heteroatoms. The number of rotatable bonds is 1. The van der Waals surface area contributed by atoms with Gasteiger partial charge in [0.1, 0.15) is 0 Å². The zero-order chi connectivity index (χ0) is 3.41. The topological polar surface area (TPSA) is 0 Å². The molecule has 1 unspecified atom stereocenters. The van der Waals surface area contributed by atoms with Crippen LogP contribution in [-0.2, 0) is 19.5 Å².